The lowest BCUT2D eigenvalue weighted by Crippen LogP contribution is -2.32. The first-order valence-electron chi connectivity index (χ1n) is 5.52. The summed E-state index contributed by atoms with van der Waals surface area (Å²) in [7, 11) is 0. The Kier molecular flexibility index (Phi) is 4.23. The van der Waals surface area contributed by atoms with Crippen LogP contribution in [0.5, 0.6) is 0 Å². The first kappa shape index (κ1) is 11.9. The molecule has 2 rings (SSSR count). The number of nitrogens with one attached hydrogen (secondary N) is 1. The van der Waals surface area contributed by atoms with Crippen LogP contribution in [-0.2, 0) is 0 Å². The van der Waals surface area contributed by atoms with Crippen LogP contribution in [0.4, 0.5) is 0 Å². The molecule has 0 amide bonds. The lowest BCUT2D eigenvalue weighted by Gasteiger charge is -2.13. The summed E-state index contributed by atoms with van der Waals surface area (Å²) in [6, 6.07) is 8.46. The summed E-state index contributed by atoms with van der Waals surface area (Å²) < 4.78 is 0. The maximum absolute atomic E-state index is 9.21. The maximum atomic E-state index is 9.21. The predicted molar refractivity (Wildman–Crippen MR) is 65.9 cm³/mol. The van der Waals surface area contributed by atoms with E-state index in [4.69, 9.17) is 5.11 Å². The summed E-state index contributed by atoms with van der Waals surface area (Å²) in [5, 5.41) is 21.1. The van der Waals surface area contributed by atoms with Gasteiger partial charge >= 0.3 is 0 Å². The summed E-state index contributed by atoms with van der Waals surface area (Å²) in [5.41, 5.74) is 1.40. The van der Waals surface area contributed by atoms with Gasteiger partial charge < -0.3 is 15.5 Å². The van der Waals surface area contributed by atoms with Crippen LogP contribution in [-0.4, -0.2) is 41.8 Å². The highest BCUT2D eigenvalue weighted by Gasteiger charge is 2.22. The second-order valence-corrected chi connectivity index (χ2v) is 5.10. The first-order valence-corrected chi connectivity index (χ1v) is 6.51. The van der Waals surface area contributed by atoms with Crippen LogP contribution >= 0.6 is 11.8 Å². The van der Waals surface area contributed by atoms with E-state index in [1.807, 2.05) is 11.8 Å². The number of hydrogen-bond acceptors (Lipinski definition) is 4. The summed E-state index contributed by atoms with van der Waals surface area (Å²) in [5.74, 6) is 1.62. The van der Waals surface area contributed by atoms with Gasteiger partial charge in [0, 0.05) is 29.7 Å². The first-order chi connectivity index (χ1) is 7.81. The largest absolute Gasteiger partial charge is 0.394 e. The normalized spacial score (nSPS) is 20.8. The molecule has 0 radical (unpaired) electrons. The van der Waals surface area contributed by atoms with Gasteiger partial charge in [0.15, 0.2) is 0 Å². The summed E-state index contributed by atoms with van der Waals surface area (Å²) in [6.45, 7) is 1.14. The van der Waals surface area contributed by atoms with Gasteiger partial charge in [-0.2, -0.15) is 0 Å². The van der Waals surface area contributed by atoms with Crippen LogP contribution in [0.3, 0.4) is 0 Å². The van der Waals surface area contributed by atoms with Gasteiger partial charge in [0.2, 0.25) is 0 Å². The van der Waals surface area contributed by atoms with Gasteiger partial charge in [-0.05, 0) is 11.6 Å². The molecule has 16 heavy (non-hydrogen) atoms. The molecule has 1 aliphatic heterocycles. The fourth-order valence-corrected chi connectivity index (χ4v) is 3.14. The van der Waals surface area contributed by atoms with Crippen molar-refractivity contribution in [2.24, 2.45) is 0 Å². The highest BCUT2D eigenvalue weighted by Crippen LogP contribution is 2.38. The molecule has 2 atom stereocenters. The smallest absolute Gasteiger partial charge is 0.0894 e. The molecular formula is C12H17NO2S. The Balaban J connectivity index is 1.84. The number of thioether (sulfide) groups is 1. The summed E-state index contributed by atoms with van der Waals surface area (Å²) >= 11 is 1.89. The molecule has 88 valence electrons. The average Bonchev–Trinajstić information content (AvgIpc) is 2.73. The van der Waals surface area contributed by atoms with E-state index in [-0.39, 0.29) is 6.61 Å². The van der Waals surface area contributed by atoms with Crippen LogP contribution in [0.25, 0.3) is 0 Å². The maximum Gasteiger partial charge on any atom is 0.0894 e. The third-order valence-electron chi connectivity index (χ3n) is 2.78. The van der Waals surface area contributed by atoms with Gasteiger partial charge in [-0.3, -0.25) is 0 Å². The van der Waals surface area contributed by atoms with E-state index < -0.39 is 6.10 Å². The van der Waals surface area contributed by atoms with Crippen molar-refractivity contribution >= 4 is 11.8 Å². The molecule has 0 aliphatic carbocycles. The van der Waals surface area contributed by atoms with Crippen molar-refractivity contribution in [3.63, 3.8) is 0 Å². The number of benzene rings is 1. The lowest BCUT2D eigenvalue weighted by molar-refractivity contribution is 0.0944. The Morgan fingerprint density at radius 2 is 2.25 bits per heavy atom. The standard InChI is InChI=1S/C12H17NO2S/c14-7-10(15)6-13-5-9-8-16-12-4-2-1-3-11(9)12/h1-4,9-10,13-15H,5-8H2. The molecule has 1 aromatic carbocycles. The predicted octanol–water partition coefficient (Wildman–Crippen LogP) is 0.819. The van der Waals surface area contributed by atoms with Crippen LogP contribution in [0.1, 0.15) is 11.5 Å². The zero-order valence-electron chi connectivity index (χ0n) is 9.10. The Bertz CT molecular complexity index is 346. The summed E-state index contributed by atoms with van der Waals surface area (Å²) in [6.07, 6.45) is -0.649. The van der Waals surface area contributed by atoms with E-state index in [0.29, 0.717) is 12.5 Å². The number of fused-ring (bicyclic) bond motifs is 1. The fourth-order valence-electron chi connectivity index (χ4n) is 1.89. The van der Waals surface area contributed by atoms with E-state index in [9.17, 15) is 5.11 Å². The molecular weight excluding hydrogens is 222 g/mol. The lowest BCUT2D eigenvalue weighted by atomic mass is 10.0. The van der Waals surface area contributed by atoms with Gasteiger partial charge in [0.1, 0.15) is 0 Å². The Morgan fingerprint density at radius 3 is 3.06 bits per heavy atom. The molecule has 3 nitrogen and oxygen atoms in total. The zero-order valence-corrected chi connectivity index (χ0v) is 9.91. The highest BCUT2D eigenvalue weighted by molar-refractivity contribution is 7.99. The van der Waals surface area contributed by atoms with E-state index in [1.165, 1.54) is 10.5 Å². The van der Waals surface area contributed by atoms with Crippen molar-refractivity contribution in [3.05, 3.63) is 29.8 Å². The molecule has 4 heteroatoms. The SMILES string of the molecule is OCC(O)CNCC1CSc2ccccc21. The van der Waals surface area contributed by atoms with E-state index >= 15 is 0 Å². The highest BCUT2D eigenvalue weighted by atomic mass is 32.2. The number of rotatable bonds is 5. The van der Waals surface area contributed by atoms with Gasteiger partial charge in [-0.15, -0.1) is 11.8 Å². The van der Waals surface area contributed by atoms with Crippen molar-refractivity contribution in [2.45, 2.75) is 16.9 Å². The minimum Gasteiger partial charge on any atom is -0.394 e. The van der Waals surface area contributed by atoms with Crippen LogP contribution in [0.2, 0.25) is 0 Å². The molecule has 0 bridgehead atoms. The number of hydrogen-bond donors (Lipinski definition) is 3. The third kappa shape index (κ3) is 2.77. The second kappa shape index (κ2) is 5.68. The van der Waals surface area contributed by atoms with Crippen LogP contribution in [0.15, 0.2) is 29.2 Å². The van der Waals surface area contributed by atoms with Crippen molar-refractivity contribution in [1.82, 2.24) is 5.32 Å². The van der Waals surface area contributed by atoms with Crippen LogP contribution in [0, 0.1) is 0 Å². The summed E-state index contributed by atoms with van der Waals surface area (Å²) in [4.78, 5) is 1.37. The van der Waals surface area contributed by atoms with Crippen LogP contribution < -0.4 is 5.32 Å². The molecule has 0 fully saturated rings. The van der Waals surface area contributed by atoms with Gasteiger partial charge in [0.05, 0.1) is 12.7 Å². The minimum absolute atomic E-state index is 0.178. The van der Waals surface area contributed by atoms with E-state index in [0.717, 1.165) is 12.3 Å². The molecule has 0 aromatic heterocycles. The third-order valence-corrected chi connectivity index (χ3v) is 4.03. The molecule has 1 aromatic rings. The Hall–Kier alpha value is -0.550. The average molecular weight is 239 g/mol. The molecule has 2 unspecified atom stereocenters. The van der Waals surface area contributed by atoms with E-state index in [2.05, 4.69) is 29.6 Å². The second-order valence-electron chi connectivity index (χ2n) is 4.04. The fraction of sp³-hybridized carbons (Fsp3) is 0.500. The van der Waals surface area contributed by atoms with Crippen molar-refractivity contribution in [1.29, 1.82) is 0 Å². The van der Waals surface area contributed by atoms with Crippen molar-refractivity contribution in [3.8, 4) is 0 Å². The van der Waals surface area contributed by atoms with E-state index in [1.54, 1.807) is 0 Å². The molecule has 0 spiro atoms. The van der Waals surface area contributed by atoms with Gasteiger partial charge in [-0.25, -0.2) is 0 Å². The molecule has 1 heterocycles. The van der Waals surface area contributed by atoms with Gasteiger partial charge in [-0.1, -0.05) is 18.2 Å². The van der Waals surface area contributed by atoms with Gasteiger partial charge in [0.25, 0.3) is 0 Å². The molecule has 0 saturated carbocycles. The van der Waals surface area contributed by atoms with Crippen molar-refractivity contribution < 1.29 is 10.2 Å². The van der Waals surface area contributed by atoms with Crippen molar-refractivity contribution in [2.75, 3.05) is 25.4 Å². The quantitative estimate of drug-likeness (QED) is 0.712. The number of aliphatic hydroxyl groups is 2. The Morgan fingerprint density at radius 1 is 1.44 bits per heavy atom. The monoisotopic (exact) mass is 239 g/mol. The molecule has 3 N–H and O–H groups in total. The number of aliphatic hydroxyl groups excluding tert-OH is 2. The topological polar surface area (TPSA) is 52.5 Å². The minimum atomic E-state index is -0.649. The molecule has 1 aliphatic rings. The molecule has 0 saturated heterocycles. The zero-order chi connectivity index (χ0) is 11.4. The Labute approximate surface area is 99.9 Å².